The molecule has 0 saturated heterocycles. The second-order valence-electron chi connectivity index (χ2n) is 0.447. The van der Waals surface area contributed by atoms with Gasteiger partial charge in [0.05, 0.1) is 0 Å². The minimum Gasteiger partial charge on any atom is -0.822 e. The monoisotopic (exact) mass is 264 g/mol. The SMILES string of the molecule is O=P([O-])([O-])[O-].[Ca+2].[IH2+]. The zero-order valence-corrected chi connectivity index (χ0v) is 8.89. The van der Waals surface area contributed by atoms with Gasteiger partial charge in [-0.3, -0.25) is 0 Å². The molecule has 0 aliphatic heterocycles. The molecule has 0 atom stereocenters. The predicted octanol–water partition coefficient (Wildman–Crippen LogP) is -6.74. The molecule has 0 aliphatic carbocycles. The first-order chi connectivity index (χ1) is 2.00. The molecule has 0 aromatic carbocycles. The molecule has 0 aromatic rings. The number of phosphoric acid groups is 1. The third kappa shape index (κ3) is 68.4. The van der Waals surface area contributed by atoms with Crippen LogP contribution in [0.1, 0.15) is 0 Å². The van der Waals surface area contributed by atoms with Crippen LogP contribution in [0.5, 0.6) is 0 Å². The van der Waals surface area contributed by atoms with E-state index in [0.29, 0.717) is 0 Å². The van der Waals surface area contributed by atoms with Gasteiger partial charge < -0.3 is 19.2 Å². The van der Waals surface area contributed by atoms with E-state index in [9.17, 15) is 0 Å². The van der Waals surface area contributed by atoms with Crippen molar-refractivity contribution < 1.29 is 43.2 Å². The van der Waals surface area contributed by atoms with Crippen molar-refractivity contribution in [3.05, 3.63) is 0 Å². The van der Waals surface area contributed by atoms with Crippen LogP contribution in [0.2, 0.25) is 0 Å². The Kier molecular flexibility index (Phi) is 14.3. The van der Waals surface area contributed by atoms with Gasteiger partial charge in [0.2, 0.25) is 24.0 Å². The second-order valence-corrected chi connectivity index (χ2v) is 1.34. The molecule has 0 saturated carbocycles. The van der Waals surface area contributed by atoms with Gasteiger partial charge in [-0.05, 0) is 0 Å². The van der Waals surface area contributed by atoms with Crippen LogP contribution >= 0.6 is 7.82 Å². The van der Waals surface area contributed by atoms with Crippen LogP contribution < -0.4 is 38.7 Å². The molecule has 0 spiro atoms. The fourth-order valence-electron chi connectivity index (χ4n) is 0. The van der Waals surface area contributed by atoms with E-state index in [1.54, 1.807) is 0 Å². The van der Waals surface area contributed by atoms with E-state index in [-0.39, 0.29) is 61.7 Å². The van der Waals surface area contributed by atoms with Crippen LogP contribution in [0, 0.1) is 0 Å². The third-order valence-electron chi connectivity index (χ3n) is 0. The fourth-order valence-corrected chi connectivity index (χ4v) is 0. The van der Waals surface area contributed by atoms with Crippen molar-refractivity contribution in [1.82, 2.24) is 0 Å². The normalized spacial score (nSPS) is 8.43. The summed E-state index contributed by atoms with van der Waals surface area (Å²) in [7, 11) is -5.39. The third-order valence-corrected chi connectivity index (χ3v) is 0. The molecular formula is H2CaIO4P. The van der Waals surface area contributed by atoms with Crippen LogP contribution in [0.15, 0.2) is 0 Å². The van der Waals surface area contributed by atoms with Crippen LogP contribution in [-0.4, -0.2) is 37.7 Å². The molecule has 0 radical (unpaired) electrons. The zero-order valence-electron chi connectivity index (χ0n) is 3.23. The Balaban J connectivity index is -0.0000000800. The summed E-state index contributed by atoms with van der Waals surface area (Å²) in [6.45, 7) is 0. The maximum Gasteiger partial charge on any atom is 2.00 e. The fraction of sp³-hybridized carbons (Fsp3) is 0. The first kappa shape index (κ1) is 16.0. The largest absolute Gasteiger partial charge is 2.00 e. The minimum atomic E-state index is -5.39. The van der Waals surface area contributed by atoms with Crippen molar-refractivity contribution in [1.29, 1.82) is 0 Å². The number of hydrogen-bond acceptors (Lipinski definition) is 4. The van der Waals surface area contributed by atoms with Crippen LogP contribution in [-0.2, 0) is 4.57 Å². The molecule has 0 rings (SSSR count). The standard InChI is InChI=1S/Ca.H2I.H3O4P/c;;1-5(2,3)4/h;1H2;(H3,1,2,3,4)/q+2;+1;/p-3. The first-order valence-electron chi connectivity index (χ1n) is 0.730. The molecule has 40 valence electrons. The molecule has 4 nitrogen and oxygen atoms in total. The van der Waals surface area contributed by atoms with Gasteiger partial charge in [0.1, 0.15) is 0 Å². The molecule has 0 heterocycles. The van der Waals surface area contributed by atoms with Crippen molar-refractivity contribution in [3.8, 4) is 0 Å². The van der Waals surface area contributed by atoms with Crippen molar-refractivity contribution in [3.63, 3.8) is 0 Å². The van der Waals surface area contributed by atoms with Crippen molar-refractivity contribution in [2.45, 2.75) is 0 Å². The average molecular weight is 264 g/mol. The smallest absolute Gasteiger partial charge is 0.822 e. The van der Waals surface area contributed by atoms with Gasteiger partial charge in [-0.15, -0.1) is 0 Å². The summed E-state index contributed by atoms with van der Waals surface area (Å²) in [5, 5.41) is 0. The van der Waals surface area contributed by atoms with Gasteiger partial charge >= 0.3 is 37.7 Å². The summed E-state index contributed by atoms with van der Waals surface area (Å²) < 4.78 is 8.55. The molecular weight excluding hydrogens is 262 g/mol. The Morgan fingerprint density at radius 1 is 1.14 bits per heavy atom. The molecule has 0 aromatic heterocycles. The summed E-state index contributed by atoms with van der Waals surface area (Å²) in [5.41, 5.74) is 0. The molecule has 0 N–H and O–H groups in total. The minimum absolute atomic E-state index is 0. The molecule has 7 heavy (non-hydrogen) atoms. The quantitative estimate of drug-likeness (QED) is 0.247. The summed E-state index contributed by atoms with van der Waals surface area (Å²) in [6.07, 6.45) is 0. The molecule has 0 aliphatic rings. The Hall–Kier alpha value is 2.10. The molecule has 7 heteroatoms. The molecule has 0 fully saturated rings. The number of hydrogen-bond donors (Lipinski definition) is 0. The summed E-state index contributed by atoms with van der Waals surface area (Å²) in [4.78, 5) is 25.6. The maximum atomic E-state index is 8.55. The van der Waals surface area contributed by atoms with Crippen molar-refractivity contribution >= 4 is 45.6 Å². The molecule has 0 bridgehead atoms. The first-order valence-corrected chi connectivity index (χ1v) is 2.19. The molecule has 0 unspecified atom stereocenters. The van der Waals surface area contributed by atoms with E-state index in [0.717, 1.165) is 0 Å². The van der Waals surface area contributed by atoms with Crippen LogP contribution in [0.4, 0.5) is 0 Å². The average Bonchev–Trinajstić information content (AvgIpc) is 0.722. The topological polar surface area (TPSA) is 86.2 Å². The van der Waals surface area contributed by atoms with Crippen LogP contribution in [0.25, 0.3) is 0 Å². The van der Waals surface area contributed by atoms with Gasteiger partial charge in [0.15, 0.2) is 0 Å². The van der Waals surface area contributed by atoms with E-state index in [1.807, 2.05) is 0 Å². The molecule has 0 amide bonds. The van der Waals surface area contributed by atoms with Crippen molar-refractivity contribution in [2.75, 3.05) is 0 Å². The van der Waals surface area contributed by atoms with E-state index >= 15 is 0 Å². The van der Waals surface area contributed by atoms with E-state index in [4.69, 9.17) is 19.2 Å². The Morgan fingerprint density at radius 2 is 1.14 bits per heavy atom. The van der Waals surface area contributed by atoms with E-state index in [1.165, 1.54) is 0 Å². The van der Waals surface area contributed by atoms with E-state index in [2.05, 4.69) is 0 Å². The maximum absolute atomic E-state index is 8.55. The number of halogens is 1. The van der Waals surface area contributed by atoms with Gasteiger partial charge in [-0.25, -0.2) is 0 Å². The van der Waals surface area contributed by atoms with Gasteiger partial charge in [-0.2, -0.15) is 7.82 Å². The van der Waals surface area contributed by atoms with Crippen molar-refractivity contribution in [2.24, 2.45) is 0 Å². The Bertz CT molecular complexity index is 57.8. The predicted molar refractivity (Wildman–Crippen MR) is 16.2 cm³/mol. The Labute approximate surface area is 87.6 Å². The Morgan fingerprint density at radius 3 is 1.14 bits per heavy atom. The van der Waals surface area contributed by atoms with Gasteiger partial charge in [-0.1, -0.05) is 0 Å². The summed E-state index contributed by atoms with van der Waals surface area (Å²) in [6, 6.07) is 0. The number of rotatable bonds is 0. The van der Waals surface area contributed by atoms with Gasteiger partial charge in [0.25, 0.3) is 0 Å². The van der Waals surface area contributed by atoms with Gasteiger partial charge in [0, 0.05) is 0 Å². The van der Waals surface area contributed by atoms with Crippen LogP contribution in [0.3, 0.4) is 0 Å². The summed E-state index contributed by atoms with van der Waals surface area (Å²) >= 11 is 0. The zero-order chi connectivity index (χ0) is 4.50. The summed E-state index contributed by atoms with van der Waals surface area (Å²) in [5.74, 6) is 0. The van der Waals surface area contributed by atoms with E-state index < -0.39 is 7.82 Å². The second kappa shape index (κ2) is 6.22.